The van der Waals surface area contributed by atoms with Gasteiger partial charge in [0.05, 0.1) is 22.3 Å². The van der Waals surface area contributed by atoms with Gasteiger partial charge in [-0.3, -0.25) is 0 Å². The number of fused-ring (bicyclic) bond motifs is 7. The molecule has 1 unspecified atom stereocenters. The molecule has 0 radical (unpaired) electrons. The molecule has 0 aliphatic heterocycles. The van der Waals surface area contributed by atoms with E-state index in [0.717, 1.165) is 44.9 Å². The Morgan fingerprint density at radius 2 is 0.719 bits per heavy atom. The van der Waals surface area contributed by atoms with E-state index in [1.54, 1.807) is 0 Å². The first-order valence-electron chi connectivity index (χ1n) is 32.2. The number of benzene rings is 10. The first kappa shape index (κ1) is 53.0. The van der Waals surface area contributed by atoms with Crippen LogP contribution in [0.3, 0.4) is 0 Å². The van der Waals surface area contributed by atoms with Crippen LogP contribution in [-0.2, 0) is 16.2 Å². The molecule has 0 amide bonds. The monoisotopic (exact) mass is 1140 g/mol. The van der Waals surface area contributed by atoms with Crippen molar-refractivity contribution in [2.45, 2.75) is 67.2 Å². The van der Waals surface area contributed by atoms with Crippen molar-refractivity contribution in [1.29, 1.82) is 0 Å². The maximum atomic E-state index is 2.70. The third-order valence-electron chi connectivity index (χ3n) is 20.6. The Morgan fingerprint density at radius 3 is 1.13 bits per heavy atom. The maximum absolute atomic E-state index is 2.70. The fourth-order valence-electron chi connectivity index (χ4n) is 17.1. The summed E-state index contributed by atoms with van der Waals surface area (Å²) in [5.74, 6) is 0. The third-order valence-corrected chi connectivity index (χ3v) is 20.6. The van der Waals surface area contributed by atoms with Crippen molar-refractivity contribution in [3.8, 4) is 11.1 Å². The molecule has 10 aromatic rings. The lowest BCUT2D eigenvalue weighted by atomic mass is 9.64. The van der Waals surface area contributed by atoms with Crippen LogP contribution in [0, 0.1) is 0 Å². The van der Waals surface area contributed by atoms with Gasteiger partial charge in [-0.05, 0) is 212 Å². The number of hydrogen-bond donors (Lipinski definition) is 0. The summed E-state index contributed by atoms with van der Waals surface area (Å²) in [6.45, 7) is 0. The lowest BCUT2D eigenvalue weighted by Gasteiger charge is -2.39. The van der Waals surface area contributed by atoms with Gasteiger partial charge in [-0.25, -0.2) is 0 Å². The van der Waals surface area contributed by atoms with E-state index in [-0.39, 0.29) is 6.04 Å². The number of nitrogens with zero attached hydrogens (tertiary/aromatic N) is 2. The summed E-state index contributed by atoms with van der Waals surface area (Å²) >= 11 is 0. The topological polar surface area (TPSA) is 6.48 Å². The zero-order valence-corrected chi connectivity index (χ0v) is 50.0. The molecule has 17 rings (SSSR count). The minimum atomic E-state index is -0.672. The van der Waals surface area contributed by atoms with Gasteiger partial charge < -0.3 is 9.80 Å². The molecule has 0 saturated carbocycles. The van der Waals surface area contributed by atoms with Crippen molar-refractivity contribution in [3.63, 3.8) is 0 Å². The van der Waals surface area contributed by atoms with Gasteiger partial charge in [0, 0.05) is 28.5 Å². The summed E-state index contributed by atoms with van der Waals surface area (Å²) < 4.78 is 0. The molecule has 0 aromatic heterocycles. The standard InChI is InChI=1S/C87H68N2/c1-11-31-61(32-12-1)85(62-33-13-2-14-34-62)79-55-71(88(67-43-23-7-24-44-67)68-45-25-8-26-46-68)51-53-73(79)75-57-83-77(59-81(75)85)78-60-82-76(58-84(78)87(83,65-39-19-5-20-40-65)66-41-21-6-22-42-66)74-54-52-72(89(69-47-27-9-28-48-69)70-49-29-10-30-50-70)56-80(74)86(82,63-35-15-3-16-36-63)64-37-17-4-18-38-64/h1-9,11-29,31-45,47-50,55-60,68H,10,30,46,51-54H2. The Kier molecular flexibility index (Phi) is 12.8. The average molecular weight is 1140 g/mol. The Labute approximate surface area is 524 Å². The molecule has 7 aliphatic rings. The molecule has 0 N–H and O–H groups in total. The summed E-state index contributed by atoms with van der Waals surface area (Å²) in [5.41, 5.74) is 28.3. The number of para-hydroxylation sites is 2. The Balaban J connectivity index is 0.975. The largest absolute Gasteiger partial charge is 0.338 e. The van der Waals surface area contributed by atoms with E-state index in [9.17, 15) is 0 Å². The van der Waals surface area contributed by atoms with Crippen LogP contribution in [0.5, 0.6) is 0 Å². The number of rotatable bonds is 12. The zero-order chi connectivity index (χ0) is 58.9. The number of allylic oxidation sites excluding steroid dienone is 13. The molecular weight excluding hydrogens is 1070 g/mol. The second kappa shape index (κ2) is 21.5. The quantitative estimate of drug-likeness (QED) is 0.120. The summed E-state index contributed by atoms with van der Waals surface area (Å²) in [5, 5.41) is 0. The molecule has 0 bridgehead atoms. The minimum absolute atomic E-state index is 0.192. The summed E-state index contributed by atoms with van der Waals surface area (Å²) in [7, 11) is 0. The van der Waals surface area contributed by atoms with Crippen LogP contribution in [0.25, 0.3) is 22.3 Å². The van der Waals surface area contributed by atoms with E-state index in [1.165, 1.54) is 129 Å². The molecule has 7 aliphatic carbocycles. The molecule has 10 aromatic carbocycles. The van der Waals surface area contributed by atoms with Crippen molar-refractivity contribution >= 4 is 22.5 Å². The molecule has 0 heterocycles. The smallest absolute Gasteiger partial charge is 0.0714 e. The second-order valence-electron chi connectivity index (χ2n) is 25.0. The van der Waals surface area contributed by atoms with Crippen LogP contribution in [-0.4, -0.2) is 6.04 Å². The van der Waals surface area contributed by atoms with E-state index in [1.807, 2.05) is 0 Å². The van der Waals surface area contributed by atoms with Gasteiger partial charge >= 0.3 is 0 Å². The molecule has 1 atom stereocenters. The van der Waals surface area contributed by atoms with Gasteiger partial charge in [-0.1, -0.05) is 255 Å². The van der Waals surface area contributed by atoms with Gasteiger partial charge in [0.25, 0.3) is 0 Å². The highest BCUT2D eigenvalue weighted by Crippen LogP contribution is 2.66. The van der Waals surface area contributed by atoms with Crippen LogP contribution in [0.15, 0.2) is 350 Å². The van der Waals surface area contributed by atoms with E-state index in [2.05, 4.69) is 331 Å². The van der Waals surface area contributed by atoms with E-state index < -0.39 is 16.2 Å². The van der Waals surface area contributed by atoms with E-state index >= 15 is 0 Å². The molecule has 426 valence electrons. The lowest BCUT2D eigenvalue weighted by molar-refractivity contribution is 0.707. The van der Waals surface area contributed by atoms with Gasteiger partial charge in [0.15, 0.2) is 0 Å². The predicted octanol–water partition coefficient (Wildman–Crippen LogP) is 20.7. The number of anilines is 2. The summed E-state index contributed by atoms with van der Waals surface area (Å²) in [6, 6.07) is 102. The zero-order valence-electron chi connectivity index (χ0n) is 50.0. The van der Waals surface area contributed by atoms with E-state index in [4.69, 9.17) is 0 Å². The Morgan fingerprint density at radius 1 is 0.337 bits per heavy atom. The van der Waals surface area contributed by atoms with Gasteiger partial charge in [-0.15, -0.1) is 0 Å². The normalized spacial score (nSPS) is 18.4. The predicted molar refractivity (Wildman–Crippen MR) is 369 cm³/mol. The highest BCUT2D eigenvalue weighted by atomic mass is 15.2. The van der Waals surface area contributed by atoms with Gasteiger partial charge in [0.1, 0.15) is 0 Å². The highest BCUT2D eigenvalue weighted by Gasteiger charge is 2.55. The molecule has 2 nitrogen and oxygen atoms in total. The second-order valence-corrected chi connectivity index (χ2v) is 25.0. The molecule has 0 fully saturated rings. The van der Waals surface area contributed by atoms with Gasteiger partial charge in [-0.2, -0.15) is 0 Å². The maximum Gasteiger partial charge on any atom is 0.0714 e. The van der Waals surface area contributed by atoms with E-state index in [0.29, 0.717) is 0 Å². The highest BCUT2D eigenvalue weighted by molar-refractivity contribution is 5.98. The fraction of sp³-hybridized carbons (Fsp3) is 0.126. The van der Waals surface area contributed by atoms with Crippen LogP contribution < -0.4 is 9.80 Å². The third kappa shape index (κ3) is 8.02. The van der Waals surface area contributed by atoms with Crippen LogP contribution in [0.4, 0.5) is 11.4 Å². The summed E-state index contributed by atoms with van der Waals surface area (Å²) in [6.07, 6.45) is 28.2. The van der Waals surface area contributed by atoms with Crippen molar-refractivity contribution in [1.82, 2.24) is 0 Å². The Bertz CT molecular complexity index is 4520. The molecule has 2 heteroatoms. The van der Waals surface area contributed by atoms with Crippen molar-refractivity contribution in [2.24, 2.45) is 0 Å². The Hall–Kier alpha value is -10.3. The van der Waals surface area contributed by atoms with Crippen molar-refractivity contribution in [2.75, 3.05) is 9.80 Å². The first-order chi connectivity index (χ1) is 44.2. The van der Waals surface area contributed by atoms with Crippen LogP contribution >= 0.6 is 0 Å². The molecule has 89 heavy (non-hydrogen) atoms. The van der Waals surface area contributed by atoms with Crippen LogP contribution in [0.2, 0.25) is 0 Å². The lowest BCUT2D eigenvalue weighted by Crippen LogP contribution is -2.35. The number of hydrogen-bond acceptors (Lipinski definition) is 2. The fourth-order valence-corrected chi connectivity index (χ4v) is 17.1. The summed E-state index contributed by atoms with van der Waals surface area (Å²) in [4.78, 5) is 5.19. The average Bonchev–Trinajstić information content (AvgIpc) is 1.53. The molecule has 0 saturated heterocycles. The SMILES string of the molecule is C1=CCC(N(C2=CC3=C(CC2)c2cc4c(cc2C3(c2ccccc2)c2ccccc2)-c2cc3c(cc2C4(c2ccccc2)c2ccccc2)C2=C(C=C(N(C4=CCCC=C4)c4ccccc4)CC2)C3(c2ccccc2)c2ccccc2)c2ccccc2)C=C1. The molecule has 0 spiro atoms. The minimum Gasteiger partial charge on any atom is -0.338 e. The van der Waals surface area contributed by atoms with Crippen molar-refractivity contribution < 1.29 is 0 Å². The first-order valence-corrected chi connectivity index (χ1v) is 32.2. The molecular formula is C87H68N2. The van der Waals surface area contributed by atoms with Gasteiger partial charge in [0.2, 0.25) is 0 Å². The van der Waals surface area contributed by atoms with Crippen LogP contribution in [0.1, 0.15) is 112 Å². The van der Waals surface area contributed by atoms with Crippen molar-refractivity contribution in [3.05, 3.63) is 417 Å².